The van der Waals surface area contributed by atoms with Gasteiger partial charge in [-0.2, -0.15) is 0 Å². The van der Waals surface area contributed by atoms with E-state index in [9.17, 15) is 0 Å². The maximum Gasteiger partial charge on any atom is 0.0244 e. The van der Waals surface area contributed by atoms with Crippen LogP contribution in [0.3, 0.4) is 0 Å². The summed E-state index contributed by atoms with van der Waals surface area (Å²) in [6.45, 7) is 5.36. The molecule has 1 nitrogen and oxygen atoms in total. The molecule has 0 amide bonds. The van der Waals surface area contributed by atoms with Crippen LogP contribution in [0.15, 0.2) is 48.5 Å². The van der Waals surface area contributed by atoms with Crippen molar-refractivity contribution in [2.75, 3.05) is 0 Å². The first-order chi connectivity index (χ1) is 8.31. The highest BCUT2D eigenvalue weighted by molar-refractivity contribution is 5.30. The van der Waals surface area contributed by atoms with Crippen molar-refractivity contribution in [3.63, 3.8) is 0 Å². The van der Waals surface area contributed by atoms with Gasteiger partial charge in [0.2, 0.25) is 0 Å². The quantitative estimate of drug-likeness (QED) is 0.753. The fourth-order valence-corrected chi connectivity index (χ4v) is 2.47. The second-order valence-electron chi connectivity index (χ2n) is 4.90. The van der Waals surface area contributed by atoms with Crippen molar-refractivity contribution in [1.29, 1.82) is 0 Å². The summed E-state index contributed by atoms with van der Waals surface area (Å²) in [5.41, 5.74) is 5.71. The summed E-state index contributed by atoms with van der Waals surface area (Å²) in [7, 11) is 0. The second-order valence-corrected chi connectivity index (χ2v) is 4.90. The van der Waals surface area contributed by atoms with Crippen LogP contribution in [0.5, 0.6) is 0 Å². The van der Waals surface area contributed by atoms with Crippen LogP contribution in [-0.2, 0) is 19.6 Å². The molecule has 0 fully saturated rings. The zero-order valence-electron chi connectivity index (χ0n) is 10.2. The fraction of sp³-hybridized carbons (Fsp3) is 0.250. The summed E-state index contributed by atoms with van der Waals surface area (Å²) in [6, 6.07) is 17.6. The average molecular weight is 223 g/mol. The Bertz CT molecular complexity index is 488. The number of nitrogens with zero attached hydrogens (tertiary/aromatic N) is 1. The van der Waals surface area contributed by atoms with Gasteiger partial charge in [0.05, 0.1) is 0 Å². The van der Waals surface area contributed by atoms with Crippen molar-refractivity contribution in [1.82, 2.24) is 4.90 Å². The molecule has 86 valence electrons. The van der Waals surface area contributed by atoms with Crippen LogP contribution < -0.4 is 0 Å². The molecule has 0 atom stereocenters. The van der Waals surface area contributed by atoms with E-state index in [-0.39, 0.29) is 0 Å². The molecular weight excluding hydrogens is 206 g/mol. The second kappa shape index (κ2) is 4.34. The van der Waals surface area contributed by atoms with Crippen LogP contribution in [-0.4, -0.2) is 4.90 Å². The number of hydrogen-bond donors (Lipinski definition) is 0. The SMILES string of the molecule is Cc1ccc(CN2Cc3ccccc3C2)cc1. The van der Waals surface area contributed by atoms with Gasteiger partial charge in [0, 0.05) is 19.6 Å². The third kappa shape index (κ3) is 2.25. The maximum absolute atomic E-state index is 2.50. The Morgan fingerprint density at radius 3 is 2.06 bits per heavy atom. The highest BCUT2D eigenvalue weighted by Crippen LogP contribution is 2.23. The molecule has 0 aliphatic carbocycles. The van der Waals surface area contributed by atoms with Gasteiger partial charge in [-0.25, -0.2) is 0 Å². The molecular formula is C16H17N. The van der Waals surface area contributed by atoms with Crippen LogP contribution in [0.4, 0.5) is 0 Å². The number of benzene rings is 2. The summed E-state index contributed by atoms with van der Waals surface area (Å²) in [6.07, 6.45) is 0. The minimum Gasteiger partial charge on any atom is -0.291 e. The van der Waals surface area contributed by atoms with E-state index in [1.807, 2.05) is 0 Å². The van der Waals surface area contributed by atoms with Crippen LogP contribution in [0.25, 0.3) is 0 Å². The van der Waals surface area contributed by atoms with Crippen molar-refractivity contribution < 1.29 is 0 Å². The van der Waals surface area contributed by atoms with Crippen molar-refractivity contribution in [2.45, 2.75) is 26.6 Å². The maximum atomic E-state index is 2.50. The highest BCUT2D eigenvalue weighted by Gasteiger charge is 2.17. The molecule has 2 aromatic carbocycles. The first kappa shape index (κ1) is 10.5. The lowest BCUT2D eigenvalue weighted by atomic mass is 10.1. The van der Waals surface area contributed by atoms with Gasteiger partial charge < -0.3 is 0 Å². The number of fused-ring (bicyclic) bond motifs is 1. The Morgan fingerprint density at radius 2 is 1.47 bits per heavy atom. The molecule has 17 heavy (non-hydrogen) atoms. The first-order valence-corrected chi connectivity index (χ1v) is 6.16. The smallest absolute Gasteiger partial charge is 0.0244 e. The van der Waals surface area contributed by atoms with Gasteiger partial charge in [-0.3, -0.25) is 4.90 Å². The number of hydrogen-bond acceptors (Lipinski definition) is 1. The first-order valence-electron chi connectivity index (χ1n) is 6.16. The van der Waals surface area contributed by atoms with E-state index in [0.717, 1.165) is 19.6 Å². The van der Waals surface area contributed by atoms with Gasteiger partial charge in [-0.1, -0.05) is 54.1 Å². The Kier molecular flexibility index (Phi) is 2.69. The molecule has 0 saturated carbocycles. The molecule has 1 heterocycles. The standard InChI is InChI=1S/C16H17N/c1-13-6-8-14(9-7-13)10-17-11-15-4-2-3-5-16(15)12-17/h2-9H,10-12H2,1H3. The summed E-state index contributed by atoms with van der Waals surface area (Å²) in [5, 5.41) is 0. The summed E-state index contributed by atoms with van der Waals surface area (Å²) in [4.78, 5) is 2.50. The lowest BCUT2D eigenvalue weighted by Gasteiger charge is -2.14. The van der Waals surface area contributed by atoms with Gasteiger partial charge in [-0.15, -0.1) is 0 Å². The molecule has 0 aromatic heterocycles. The van der Waals surface area contributed by atoms with Crippen molar-refractivity contribution in [2.24, 2.45) is 0 Å². The molecule has 1 aliphatic rings. The summed E-state index contributed by atoms with van der Waals surface area (Å²) < 4.78 is 0. The molecule has 1 heteroatoms. The van der Waals surface area contributed by atoms with E-state index in [2.05, 4.69) is 60.4 Å². The predicted octanol–water partition coefficient (Wildman–Crippen LogP) is 3.51. The van der Waals surface area contributed by atoms with Gasteiger partial charge in [0.1, 0.15) is 0 Å². The van der Waals surface area contributed by atoms with Crippen LogP contribution in [0, 0.1) is 6.92 Å². The van der Waals surface area contributed by atoms with E-state index < -0.39 is 0 Å². The van der Waals surface area contributed by atoms with E-state index in [1.54, 1.807) is 0 Å². The van der Waals surface area contributed by atoms with Crippen molar-refractivity contribution >= 4 is 0 Å². The molecule has 0 saturated heterocycles. The van der Waals surface area contributed by atoms with Crippen molar-refractivity contribution in [3.8, 4) is 0 Å². The third-order valence-electron chi connectivity index (χ3n) is 3.43. The van der Waals surface area contributed by atoms with Crippen LogP contribution in [0.1, 0.15) is 22.3 Å². The van der Waals surface area contributed by atoms with Crippen LogP contribution in [0.2, 0.25) is 0 Å². The lowest BCUT2D eigenvalue weighted by Crippen LogP contribution is -2.15. The zero-order chi connectivity index (χ0) is 11.7. The van der Waals surface area contributed by atoms with Gasteiger partial charge in [0.25, 0.3) is 0 Å². The molecule has 2 aromatic rings. The van der Waals surface area contributed by atoms with Gasteiger partial charge >= 0.3 is 0 Å². The Hall–Kier alpha value is -1.60. The largest absolute Gasteiger partial charge is 0.291 e. The Morgan fingerprint density at radius 1 is 0.882 bits per heavy atom. The molecule has 0 radical (unpaired) electrons. The van der Waals surface area contributed by atoms with Gasteiger partial charge in [-0.05, 0) is 23.6 Å². The average Bonchev–Trinajstić information content (AvgIpc) is 2.74. The molecule has 3 rings (SSSR count). The van der Waals surface area contributed by atoms with Crippen LogP contribution >= 0.6 is 0 Å². The normalized spacial score (nSPS) is 14.9. The van der Waals surface area contributed by atoms with E-state index in [0.29, 0.717) is 0 Å². The Balaban J connectivity index is 1.71. The van der Waals surface area contributed by atoms with E-state index in [4.69, 9.17) is 0 Å². The predicted molar refractivity (Wildman–Crippen MR) is 70.6 cm³/mol. The molecule has 0 bridgehead atoms. The third-order valence-corrected chi connectivity index (χ3v) is 3.43. The lowest BCUT2D eigenvalue weighted by molar-refractivity contribution is 0.275. The Labute approximate surface area is 103 Å². The topological polar surface area (TPSA) is 3.24 Å². The monoisotopic (exact) mass is 223 g/mol. The van der Waals surface area contributed by atoms with E-state index in [1.165, 1.54) is 22.3 Å². The number of rotatable bonds is 2. The van der Waals surface area contributed by atoms with Crippen molar-refractivity contribution in [3.05, 3.63) is 70.8 Å². The number of aryl methyl sites for hydroxylation is 1. The summed E-state index contributed by atoms with van der Waals surface area (Å²) in [5.74, 6) is 0. The minimum absolute atomic E-state index is 1.05. The van der Waals surface area contributed by atoms with E-state index >= 15 is 0 Å². The highest BCUT2D eigenvalue weighted by atomic mass is 15.1. The molecule has 0 spiro atoms. The van der Waals surface area contributed by atoms with Gasteiger partial charge in [0.15, 0.2) is 0 Å². The summed E-state index contributed by atoms with van der Waals surface area (Å²) >= 11 is 0. The zero-order valence-corrected chi connectivity index (χ0v) is 10.2. The molecule has 1 aliphatic heterocycles. The molecule has 0 N–H and O–H groups in total. The molecule has 0 unspecified atom stereocenters. The minimum atomic E-state index is 1.05. The fourth-order valence-electron chi connectivity index (χ4n) is 2.47.